The third-order valence-electron chi connectivity index (χ3n) is 5.53. The number of furan rings is 1. The molecule has 1 saturated heterocycles. The van der Waals surface area contributed by atoms with E-state index in [9.17, 15) is 14.4 Å². The normalized spacial score (nSPS) is 19.5. The van der Waals surface area contributed by atoms with E-state index in [1.807, 2.05) is 60.7 Å². The summed E-state index contributed by atoms with van der Waals surface area (Å²) in [4.78, 5) is 37.1. The second-order valence-corrected chi connectivity index (χ2v) is 7.70. The molecule has 0 aliphatic carbocycles. The SMILES string of the molecule is CC[C@@]1(C)NC(=O)N(NC(=O)CN[C@H](c2ccccc2)c2cc3ccccc3o2)C1=O. The van der Waals surface area contributed by atoms with Gasteiger partial charge in [-0.25, -0.2) is 4.79 Å². The Morgan fingerprint density at radius 2 is 1.84 bits per heavy atom. The lowest BCUT2D eigenvalue weighted by atomic mass is 10.00. The Kier molecular flexibility index (Phi) is 5.48. The molecular formula is C23H24N4O4. The lowest BCUT2D eigenvalue weighted by molar-refractivity contribution is -0.138. The molecule has 8 nitrogen and oxygen atoms in total. The highest BCUT2D eigenvalue weighted by Gasteiger charge is 2.47. The van der Waals surface area contributed by atoms with Crippen molar-refractivity contribution in [3.8, 4) is 0 Å². The summed E-state index contributed by atoms with van der Waals surface area (Å²) in [5.41, 5.74) is 3.05. The lowest BCUT2D eigenvalue weighted by Crippen LogP contribution is -2.50. The molecule has 3 N–H and O–H groups in total. The molecule has 4 rings (SSSR count). The van der Waals surface area contributed by atoms with Gasteiger partial charge in [0.25, 0.3) is 11.8 Å². The minimum Gasteiger partial charge on any atom is -0.459 e. The average molecular weight is 420 g/mol. The molecule has 0 radical (unpaired) electrons. The molecule has 1 aliphatic rings. The van der Waals surface area contributed by atoms with Crippen LogP contribution in [0.5, 0.6) is 0 Å². The monoisotopic (exact) mass is 420 g/mol. The van der Waals surface area contributed by atoms with E-state index in [1.165, 1.54) is 0 Å². The van der Waals surface area contributed by atoms with Crippen molar-refractivity contribution in [1.29, 1.82) is 0 Å². The number of fused-ring (bicyclic) bond motifs is 1. The largest absolute Gasteiger partial charge is 0.459 e. The van der Waals surface area contributed by atoms with Crippen molar-refractivity contribution in [1.82, 2.24) is 21.1 Å². The molecule has 0 spiro atoms. The number of hydrogen-bond donors (Lipinski definition) is 3. The predicted octanol–water partition coefficient (Wildman–Crippen LogP) is 2.86. The van der Waals surface area contributed by atoms with Gasteiger partial charge in [-0.3, -0.25) is 20.3 Å². The molecule has 1 fully saturated rings. The molecule has 0 bridgehead atoms. The van der Waals surface area contributed by atoms with E-state index in [4.69, 9.17) is 4.42 Å². The van der Waals surface area contributed by atoms with Gasteiger partial charge < -0.3 is 9.73 Å². The van der Waals surface area contributed by atoms with E-state index in [1.54, 1.807) is 13.8 Å². The highest BCUT2D eigenvalue weighted by molar-refractivity contribution is 6.07. The van der Waals surface area contributed by atoms with Crippen molar-refractivity contribution in [3.05, 3.63) is 72.0 Å². The Labute approximate surface area is 179 Å². The maximum atomic E-state index is 12.6. The van der Waals surface area contributed by atoms with Crippen LogP contribution in [0.4, 0.5) is 4.79 Å². The second kappa shape index (κ2) is 8.23. The van der Waals surface area contributed by atoms with Crippen LogP contribution in [-0.4, -0.2) is 34.9 Å². The molecule has 2 atom stereocenters. The van der Waals surface area contributed by atoms with Crippen LogP contribution in [-0.2, 0) is 9.59 Å². The number of carbonyl (C=O) groups excluding carboxylic acids is 3. The van der Waals surface area contributed by atoms with E-state index in [0.29, 0.717) is 12.2 Å². The van der Waals surface area contributed by atoms with Crippen molar-refractivity contribution < 1.29 is 18.8 Å². The highest BCUT2D eigenvalue weighted by atomic mass is 16.3. The predicted molar refractivity (Wildman–Crippen MR) is 115 cm³/mol. The first-order valence-electron chi connectivity index (χ1n) is 10.1. The number of benzene rings is 2. The smallest absolute Gasteiger partial charge is 0.344 e. The molecule has 0 saturated carbocycles. The van der Waals surface area contributed by atoms with E-state index in [0.717, 1.165) is 21.5 Å². The average Bonchev–Trinajstić information content (AvgIpc) is 3.29. The third-order valence-corrected chi connectivity index (χ3v) is 5.53. The van der Waals surface area contributed by atoms with Crippen LogP contribution in [0.3, 0.4) is 0 Å². The van der Waals surface area contributed by atoms with Crippen LogP contribution in [0.25, 0.3) is 11.0 Å². The molecule has 4 amide bonds. The topological polar surface area (TPSA) is 104 Å². The quantitative estimate of drug-likeness (QED) is 0.510. The fourth-order valence-corrected chi connectivity index (χ4v) is 3.56. The number of urea groups is 1. The molecule has 31 heavy (non-hydrogen) atoms. The highest BCUT2D eigenvalue weighted by Crippen LogP contribution is 2.28. The maximum Gasteiger partial charge on any atom is 0.344 e. The number of hydrogen-bond acceptors (Lipinski definition) is 5. The number of hydrazine groups is 1. The number of para-hydroxylation sites is 1. The first-order chi connectivity index (χ1) is 14.9. The van der Waals surface area contributed by atoms with Crippen LogP contribution < -0.4 is 16.1 Å². The van der Waals surface area contributed by atoms with Crippen LogP contribution in [0, 0.1) is 0 Å². The van der Waals surface area contributed by atoms with Gasteiger partial charge >= 0.3 is 6.03 Å². The standard InChI is InChI=1S/C23H24N4O4/c1-3-23(2)21(29)27(22(30)25-23)26-19(28)14-24-20(15-9-5-4-6-10-15)18-13-16-11-7-8-12-17(16)31-18/h4-13,20,24H,3,14H2,1-2H3,(H,25,30)(H,26,28)/t20-,23-/m1/s1. The molecule has 1 aliphatic heterocycles. The Morgan fingerprint density at radius 1 is 1.13 bits per heavy atom. The summed E-state index contributed by atoms with van der Waals surface area (Å²) in [6.45, 7) is 3.30. The molecule has 0 unspecified atom stereocenters. The molecule has 3 aromatic rings. The van der Waals surface area contributed by atoms with Crippen molar-refractivity contribution >= 4 is 28.8 Å². The maximum absolute atomic E-state index is 12.6. The molecule has 2 aromatic carbocycles. The first-order valence-corrected chi connectivity index (χ1v) is 10.1. The summed E-state index contributed by atoms with van der Waals surface area (Å²) in [6, 6.07) is 18.2. The van der Waals surface area contributed by atoms with Crippen LogP contribution in [0.2, 0.25) is 0 Å². The van der Waals surface area contributed by atoms with Gasteiger partial charge in [-0.15, -0.1) is 0 Å². The van der Waals surface area contributed by atoms with Gasteiger partial charge in [-0.1, -0.05) is 55.5 Å². The minimum atomic E-state index is -1.02. The van der Waals surface area contributed by atoms with Gasteiger partial charge in [0.15, 0.2) is 0 Å². The molecule has 1 aromatic heterocycles. The van der Waals surface area contributed by atoms with Crippen LogP contribution in [0.1, 0.15) is 37.6 Å². The second-order valence-electron chi connectivity index (χ2n) is 7.70. The molecular weight excluding hydrogens is 396 g/mol. The first kappa shape index (κ1) is 20.6. The zero-order chi connectivity index (χ0) is 22.0. The number of amides is 4. The summed E-state index contributed by atoms with van der Waals surface area (Å²) in [5, 5.41) is 7.48. The zero-order valence-electron chi connectivity index (χ0n) is 17.3. The van der Waals surface area contributed by atoms with Crippen molar-refractivity contribution in [2.45, 2.75) is 31.8 Å². The summed E-state index contributed by atoms with van der Waals surface area (Å²) in [7, 11) is 0. The Morgan fingerprint density at radius 3 is 2.52 bits per heavy atom. The van der Waals surface area contributed by atoms with Gasteiger partial charge in [0.1, 0.15) is 16.9 Å². The Bertz CT molecular complexity index is 1090. The van der Waals surface area contributed by atoms with Crippen LogP contribution >= 0.6 is 0 Å². The number of carbonyl (C=O) groups is 3. The summed E-state index contributed by atoms with van der Waals surface area (Å²) in [5.74, 6) is -0.333. The van der Waals surface area contributed by atoms with Crippen molar-refractivity contribution in [3.63, 3.8) is 0 Å². The number of imide groups is 1. The van der Waals surface area contributed by atoms with Gasteiger partial charge in [0, 0.05) is 5.39 Å². The number of nitrogens with one attached hydrogen (secondary N) is 3. The van der Waals surface area contributed by atoms with Crippen LogP contribution in [0.15, 0.2) is 65.1 Å². The fraction of sp³-hybridized carbons (Fsp3) is 0.261. The summed E-state index contributed by atoms with van der Waals surface area (Å²) < 4.78 is 6.00. The number of rotatable bonds is 7. The fourth-order valence-electron chi connectivity index (χ4n) is 3.56. The Hall–Kier alpha value is -3.65. The van der Waals surface area contributed by atoms with E-state index in [-0.39, 0.29) is 12.6 Å². The van der Waals surface area contributed by atoms with E-state index < -0.39 is 23.4 Å². The van der Waals surface area contributed by atoms with Gasteiger partial charge in [-0.05, 0) is 31.0 Å². The number of nitrogens with zero attached hydrogens (tertiary/aromatic N) is 1. The molecule has 160 valence electrons. The lowest BCUT2D eigenvalue weighted by Gasteiger charge is -2.20. The van der Waals surface area contributed by atoms with Gasteiger partial charge in [0.2, 0.25) is 0 Å². The van der Waals surface area contributed by atoms with Crippen molar-refractivity contribution in [2.24, 2.45) is 0 Å². The van der Waals surface area contributed by atoms with E-state index >= 15 is 0 Å². The zero-order valence-corrected chi connectivity index (χ0v) is 17.3. The van der Waals surface area contributed by atoms with Gasteiger partial charge in [-0.2, -0.15) is 5.01 Å². The summed E-state index contributed by atoms with van der Waals surface area (Å²) in [6.07, 6.45) is 0.421. The Balaban J connectivity index is 1.50. The molecule has 8 heteroatoms. The summed E-state index contributed by atoms with van der Waals surface area (Å²) >= 11 is 0. The minimum absolute atomic E-state index is 0.128. The third kappa shape index (κ3) is 4.02. The van der Waals surface area contributed by atoms with Gasteiger partial charge in [0.05, 0.1) is 12.6 Å². The van der Waals surface area contributed by atoms with Crippen molar-refractivity contribution in [2.75, 3.05) is 6.54 Å². The molecule has 2 heterocycles. The van der Waals surface area contributed by atoms with E-state index in [2.05, 4.69) is 16.1 Å².